The van der Waals surface area contributed by atoms with E-state index in [1.165, 1.54) is 0 Å². The van der Waals surface area contributed by atoms with Gasteiger partial charge in [-0.25, -0.2) is 0 Å². The van der Waals surface area contributed by atoms with Gasteiger partial charge in [0.1, 0.15) is 5.75 Å². The topological polar surface area (TPSA) is 32.8 Å². The van der Waals surface area contributed by atoms with Crippen molar-refractivity contribution in [2.75, 3.05) is 46.9 Å². The van der Waals surface area contributed by atoms with E-state index in [0.717, 1.165) is 49.6 Å². The number of carbonyl (C=O) groups excluding carboxylic acids is 1. The number of hydrogen-bond acceptors (Lipinski definition) is 4. The molecule has 0 unspecified atom stereocenters. The zero-order valence-corrected chi connectivity index (χ0v) is 12.7. The molecule has 0 bridgehead atoms. The van der Waals surface area contributed by atoms with E-state index in [-0.39, 0.29) is 5.78 Å². The number of ketones is 1. The average molecular weight is 276 g/mol. The fourth-order valence-electron chi connectivity index (χ4n) is 2.49. The number of ether oxygens (including phenoxy) is 1. The minimum Gasteiger partial charge on any atom is -0.497 e. The highest BCUT2D eigenvalue weighted by Crippen LogP contribution is 2.18. The van der Waals surface area contributed by atoms with Crippen molar-refractivity contribution in [3.63, 3.8) is 0 Å². The first-order valence-corrected chi connectivity index (χ1v) is 7.19. The summed E-state index contributed by atoms with van der Waals surface area (Å²) in [7, 11) is 3.77. The first-order chi connectivity index (χ1) is 9.60. The van der Waals surface area contributed by atoms with Gasteiger partial charge in [-0.05, 0) is 31.7 Å². The number of benzene rings is 1. The lowest BCUT2D eigenvalue weighted by Crippen LogP contribution is -2.45. The van der Waals surface area contributed by atoms with Crippen LogP contribution in [0.4, 0.5) is 0 Å². The molecule has 1 aromatic carbocycles. The predicted octanol–water partition coefficient (Wildman–Crippen LogP) is 1.82. The molecule has 1 heterocycles. The lowest BCUT2D eigenvalue weighted by Gasteiger charge is -2.32. The van der Waals surface area contributed by atoms with Crippen molar-refractivity contribution in [3.8, 4) is 5.75 Å². The van der Waals surface area contributed by atoms with E-state index in [0.29, 0.717) is 6.42 Å². The van der Waals surface area contributed by atoms with Crippen molar-refractivity contribution >= 4 is 5.78 Å². The van der Waals surface area contributed by atoms with Crippen LogP contribution in [0, 0.1) is 6.92 Å². The first kappa shape index (κ1) is 15.0. The van der Waals surface area contributed by atoms with Gasteiger partial charge in [-0.15, -0.1) is 0 Å². The normalized spacial score (nSPS) is 17.1. The molecule has 2 rings (SSSR count). The highest BCUT2D eigenvalue weighted by molar-refractivity contribution is 5.97. The van der Waals surface area contributed by atoms with Crippen molar-refractivity contribution in [1.82, 2.24) is 9.80 Å². The lowest BCUT2D eigenvalue weighted by molar-refractivity contribution is 0.0941. The van der Waals surface area contributed by atoms with Gasteiger partial charge in [-0.3, -0.25) is 4.79 Å². The van der Waals surface area contributed by atoms with Crippen LogP contribution in [0.1, 0.15) is 22.3 Å². The van der Waals surface area contributed by atoms with Gasteiger partial charge in [-0.2, -0.15) is 0 Å². The SMILES string of the molecule is COc1ccc(C)c(C(=O)CCN2CCN(C)CC2)c1. The van der Waals surface area contributed by atoms with E-state index < -0.39 is 0 Å². The Hall–Kier alpha value is -1.39. The number of likely N-dealkylation sites (N-methyl/N-ethyl adjacent to an activating group) is 1. The molecule has 0 saturated carbocycles. The molecule has 0 aliphatic carbocycles. The minimum atomic E-state index is 0.209. The van der Waals surface area contributed by atoms with Crippen LogP contribution in [0.3, 0.4) is 0 Å². The van der Waals surface area contributed by atoms with Gasteiger partial charge < -0.3 is 14.5 Å². The Morgan fingerprint density at radius 1 is 1.25 bits per heavy atom. The fourth-order valence-corrected chi connectivity index (χ4v) is 2.49. The summed E-state index contributed by atoms with van der Waals surface area (Å²) in [6.45, 7) is 7.12. The smallest absolute Gasteiger partial charge is 0.164 e. The van der Waals surface area contributed by atoms with Gasteiger partial charge in [0, 0.05) is 44.7 Å². The Kier molecular flexibility index (Phi) is 5.15. The number of carbonyl (C=O) groups is 1. The molecule has 1 aromatic rings. The number of rotatable bonds is 5. The van der Waals surface area contributed by atoms with Gasteiger partial charge in [0.2, 0.25) is 0 Å². The summed E-state index contributed by atoms with van der Waals surface area (Å²) in [5, 5.41) is 0. The van der Waals surface area contributed by atoms with E-state index >= 15 is 0 Å². The van der Waals surface area contributed by atoms with E-state index in [1.54, 1.807) is 7.11 Å². The summed E-state index contributed by atoms with van der Waals surface area (Å²) in [6, 6.07) is 5.69. The number of hydrogen-bond donors (Lipinski definition) is 0. The molecule has 0 atom stereocenters. The lowest BCUT2D eigenvalue weighted by atomic mass is 10.0. The molecule has 1 fully saturated rings. The fraction of sp³-hybridized carbons (Fsp3) is 0.562. The standard InChI is InChI=1S/C16H24N2O2/c1-13-4-5-14(20-3)12-15(13)16(19)6-7-18-10-8-17(2)9-11-18/h4-5,12H,6-11H2,1-3H3. The highest BCUT2D eigenvalue weighted by atomic mass is 16.5. The van der Waals surface area contributed by atoms with Crippen LogP contribution >= 0.6 is 0 Å². The molecule has 1 saturated heterocycles. The van der Waals surface area contributed by atoms with Gasteiger partial charge in [0.15, 0.2) is 5.78 Å². The third-order valence-corrected chi connectivity index (χ3v) is 4.00. The van der Waals surface area contributed by atoms with Crippen LogP contribution in [0.25, 0.3) is 0 Å². The zero-order valence-electron chi connectivity index (χ0n) is 12.7. The molecule has 110 valence electrons. The maximum atomic E-state index is 12.3. The predicted molar refractivity (Wildman–Crippen MR) is 80.6 cm³/mol. The molecule has 0 aromatic heterocycles. The Morgan fingerprint density at radius 2 is 1.95 bits per heavy atom. The molecule has 0 spiro atoms. The number of methoxy groups -OCH3 is 1. The van der Waals surface area contributed by atoms with Crippen molar-refractivity contribution < 1.29 is 9.53 Å². The summed E-state index contributed by atoms with van der Waals surface area (Å²) in [4.78, 5) is 17.0. The van der Waals surface area contributed by atoms with E-state index in [9.17, 15) is 4.79 Å². The highest BCUT2D eigenvalue weighted by Gasteiger charge is 2.16. The second kappa shape index (κ2) is 6.86. The average Bonchev–Trinajstić information content (AvgIpc) is 2.47. The Bertz CT molecular complexity index is 466. The molecule has 4 heteroatoms. The van der Waals surface area contributed by atoms with E-state index in [2.05, 4.69) is 16.8 Å². The molecular weight excluding hydrogens is 252 g/mol. The Labute approximate surface area is 121 Å². The molecule has 0 amide bonds. The van der Waals surface area contributed by atoms with Crippen LogP contribution in [-0.4, -0.2) is 62.5 Å². The van der Waals surface area contributed by atoms with Crippen LogP contribution in [-0.2, 0) is 0 Å². The maximum absolute atomic E-state index is 12.3. The summed E-state index contributed by atoms with van der Waals surface area (Å²) >= 11 is 0. The summed E-state index contributed by atoms with van der Waals surface area (Å²) in [6.07, 6.45) is 0.581. The largest absolute Gasteiger partial charge is 0.497 e. The third kappa shape index (κ3) is 3.81. The summed E-state index contributed by atoms with van der Waals surface area (Å²) in [5.74, 6) is 0.957. The quantitative estimate of drug-likeness (QED) is 0.768. The monoisotopic (exact) mass is 276 g/mol. The second-order valence-electron chi connectivity index (χ2n) is 5.50. The van der Waals surface area contributed by atoms with Crippen molar-refractivity contribution in [3.05, 3.63) is 29.3 Å². The first-order valence-electron chi connectivity index (χ1n) is 7.19. The Morgan fingerprint density at radius 3 is 2.60 bits per heavy atom. The van der Waals surface area contributed by atoms with Gasteiger partial charge in [0.25, 0.3) is 0 Å². The van der Waals surface area contributed by atoms with Crippen molar-refractivity contribution in [2.45, 2.75) is 13.3 Å². The number of Topliss-reactive ketones (excluding diaryl/α,β-unsaturated/α-hetero) is 1. The van der Waals surface area contributed by atoms with Crippen LogP contribution in [0.2, 0.25) is 0 Å². The minimum absolute atomic E-state index is 0.209. The van der Waals surface area contributed by atoms with E-state index in [1.807, 2.05) is 25.1 Å². The van der Waals surface area contributed by atoms with Gasteiger partial charge in [0.05, 0.1) is 7.11 Å². The van der Waals surface area contributed by atoms with Crippen LogP contribution in [0.15, 0.2) is 18.2 Å². The van der Waals surface area contributed by atoms with Crippen molar-refractivity contribution in [1.29, 1.82) is 0 Å². The summed E-state index contributed by atoms with van der Waals surface area (Å²) in [5.41, 5.74) is 1.81. The molecule has 0 radical (unpaired) electrons. The molecule has 4 nitrogen and oxygen atoms in total. The van der Waals surface area contributed by atoms with Gasteiger partial charge in [-0.1, -0.05) is 6.07 Å². The molecule has 0 N–H and O–H groups in total. The van der Waals surface area contributed by atoms with Crippen LogP contribution < -0.4 is 4.74 Å². The molecule has 20 heavy (non-hydrogen) atoms. The number of aryl methyl sites for hydroxylation is 1. The molecule has 1 aliphatic rings. The number of nitrogens with zero attached hydrogens (tertiary/aromatic N) is 2. The molecular formula is C16H24N2O2. The van der Waals surface area contributed by atoms with E-state index in [4.69, 9.17) is 4.74 Å². The Balaban J connectivity index is 1.91. The maximum Gasteiger partial charge on any atom is 0.164 e. The van der Waals surface area contributed by atoms with Gasteiger partial charge >= 0.3 is 0 Å². The molecule has 1 aliphatic heterocycles. The second-order valence-corrected chi connectivity index (χ2v) is 5.50. The third-order valence-electron chi connectivity index (χ3n) is 4.00. The van der Waals surface area contributed by atoms with Crippen molar-refractivity contribution in [2.24, 2.45) is 0 Å². The zero-order chi connectivity index (χ0) is 14.5. The van der Waals surface area contributed by atoms with Crippen LogP contribution in [0.5, 0.6) is 5.75 Å². The number of piperazine rings is 1. The summed E-state index contributed by atoms with van der Waals surface area (Å²) < 4.78 is 5.20.